The van der Waals surface area contributed by atoms with E-state index in [1.165, 1.54) is 26.2 Å². The summed E-state index contributed by atoms with van der Waals surface area (Å²) in [5.41, 5.74) is 0. The lowest BCUT2D eigenvalue weighted by atomic mass is 9.85. The Morgan fingerprint density at radius 3 is 2.63 bits per heavy atom. The van der Waals surface area contributed by atoms with Crippen LogP contribution in [0, 0.1) is 23.7 Å². The molecular formula is C16H21ClO2. The van der Waals surface area contributed by atoms with E-state index in [1.807, 2.05) is 12.2 Å². The zero-order valence-electron chi connectivity index (χ0n) is 11.4. The molecule has 3 heteroatoms. The van der Waals surface area contributed by atoms with Crippen molar-refractivity contribution >= 4 is 17.6 Å². The van der Waals surface area contributed by atoms with E-state index < -0.39 is 0 Å². The average Bonchev–Trinajstić information content (AvgIpc) is 3.10. The van der Waals surface area contributed by atoms with Crippen LogP contribution in [0.2, 0.25) is 0 Å². The predicted molar refractivity (Wildman–Crippen MR) is 76.8 cm³/mol. The molecule has 19 heavy (non-hydrogen) atoms. The Hall–Kier alpha value is -0.940. The molecule has 104 valence electrons. The molecule has 0 aromatic carbocycles. The normalized spacial score (nSPS) is 28.5. The molecule has 0 aromatic heterocycles. The first-order valence-electron chi connectivity index (χ1n) is 7.16. The molecule has 3 atom stereocenters. The van der Waals surface area contributed by atoms with Gasteiger partial charge in [0.05, 0.1) is 0 Å². The third-order valence-corrected chi connectivity index (χ3v) is 4.25. The summed E-state index contributed by atoms with van der Waals surface area (Å²) >= 11 is 5.89. The zero-order chi connectivity index (χ0) is 13.7. The second kappa shape index (κ2) is 7.01. The topological polar surface area (TPSA) is 26.3 Å². The van der Waals surface area contributed by atoms with Crippen molar-refractivity contribution in [1.29, 1.82) is 0 Å². The maximum absolute atomic E-state index is 11.2. The summed E-state index contributed by atoms with van der Waals surface area (Å²) in [4.78, 5) is 11.2. The van der Waals surface area contributed by atoms with Gasteiger partial charge in [-0.1, -0.05) is 31.1 Å². The minimum absolute atomic E-state index is 0.113. The number of hydrogen-bond donors (Lipinski definition) is 0. The van der Waals surface area contributed by atoms with E-state index in [0.29, 0.717) is 11.8 Å². The summed E-state index contributed by atoms with van der Waals surface area (Å²) in [5, 5.41) is 0.239. The van der Waals surface area contributed by atoms with Gasteiger partial charge >= 0.3 is 5.97 Å². The molecule has 0 heterocycles. The van der Waals surface area contributed by atoms with Crippen LogP contribution in [0.5, 0.6) is 0 Å². The SMILES string of the molecule is CC(=O)O[C@H](/C=C/C#C[C@H]1C[C@@H]1Cl)C1CCCCC1. The molecule has 0 radical (unpaired) electrons. The van der Waals surface area contributed by atoms with Crippen molar-refractivity contribution in [2.45, 2.75) is 56.9 Å². The van der Waals surface area contributed by atoms with Gasteiger partial charge in [0.2, 0.25) is 0 Å². The van der Waals surface area contributed by atoms with Gasteiger partial charge in [0.1, 0.15) is 6.10 Å². The summed E-state index contributed by atoms with van der Waals surface area (Å²) in [7, 11) is 0. The van der Waals surface area contributed by atoms with Crippen molar-refractivity contribution in [2.75, 3.05) is 0 Å². The number of carbonyl (C=O) groups excluding carboxylic acids is 1. The molecule has 0 aliphatic heterocycles. The number of esters is 1. The Bertz CT molecular complexity index is 399. The molecule has 2 aliphatic carbocycles. The van der Waals surface area contributed by atoms with E-state index in [0.717, 1.165) is 19.3 Å². The summed E-state index contributed by atoms with van der Waals surface area (Å²) in [6, 6.07) is 0. The third kappa shape index (κ3) is 4.91. The van der Waals surface area contributed by atoms with Gasteiger partial charge in [-0.2, -0.15) is 0 Å². The van der Waals surface area contributed by atoms with E-state index in [4.69, 9.17) is 16.3 Å². The van der Waals surface area contributed by atoms with Gasteiger partial charge < -0.3 is 4.74 Å². The molecule has 2 nitrogen and oxygen atoms in total. The standard InChI is InChI=1S/C16H21ClO2/c1-12(18)19-16(13-7-3-2-4-8-13)10-6-5-9-14-11-15(14)17/h6,10,13-16H,2-4,7-8,11H2,1H3/b10-6+/t14-,15-,16+/m0/s1. The number of rotatable bonds is 3. The van der Waals surface area contributed by atoms with Crippen LogP contribution in [0.3, 0.4) is 0 Å². The fourth-order valence-electron chi connectivity index (χ4n) is 2.56. The number of carbonyl (C=O) groups is 1. The Kier molecular flexibility index (Phi) is 5.34. The lowest BCUT2D eigenvalue weighted by Gasteiger charge is -2.27. The minimum Gasteiger partial charge on any atom is -0.458 e. The lowest BCUT2D eigenvalue weighted by molar-refractivity contribution is -0.146. The maximum atomic E-state index is 11.2. The van der Waals surface area contributed by atoms with Crippen molar-refractivity contribution < 1.29 is 9.53 Å². The zero-order valence-corrected chi connectivity index (χ0v) is 12.2. The van der Waals surface area contributed by atoms with Gasteiger partial charge in [0.25, 0.3) is 0 Å². The highest BCUT2D eigenvalue weighted by molar-refractivity contribution is 6.22. The van der Waals surface area contributed by atoms with Crippen LogP contribution >= 0.6 is 11.6 Å². The van der Waals surface area contributed by atoms with E-state index in [-0.39, 0.29) is 17.5 Å². The van der Waals surface area contributed by atoms with Gasteiger partial charge in [-0.15, -0.1) is 11.6 Å². The van der Waals surface area contributed by atoms with E-state index in [1.54, 1.807) is 0 Å². The molecule has 0 unspecified atom stereocenters. The fourth-order valence-corrected chi connectivity index (χ4v) is 2.81. The van der Waals surface area contributed by atoms with E-state index in [2.05, 4.69) is 11.8 Å². The molecule has 2 saturated carbocycles. The molecule has 0 bridgehead atoms. The Labute approximate surface area is 120 Å². The first kappa shape index (κ1) is 14.5. The summed E-state index contributed by atoms with van der Waals surface area (Å²) in [5.74, 6) is 6.72. The van der Waals surface area contributed by atoms with Crippen molar-refractivity contribution in [3.8, 4) is 11.8 Å². The van der Waals surface area contributed by atoms with E-state index >= 15 is 0 Å². The van der Waals surface area contributed by atoms with Crippen LogP contribution in [-0.4, -0.2) is 17.5 Å². The first-order chi connectivity index (χ1) is 9.16. The summed E-state index contributed by atoms with van der Waals surface area (Å²) in [6.45, 7) is 1.47. The lowest BCUT2D eigenvalue weighted by Crippen LogP contribution is -2.26. The summed E-state index contributed by atoms with van der Waals surface area (Å²) in [6.07, 6.45) is 10.7. The number of alkyl halides is 1. The first-order valence-corrected chi connectivity index (χ1v) is 7.59. The molecule has 0 N–H and O–H groups in total. The van der Waals surface area contributed by atoms with Crippen LogP contribution in [0.15, 0.2) is 12.2 Å². The monoisotopic (exact) mass is 280 g/mol. The quantitative estimate of drug-likeness (QED) is 0.448. The highest BCUT2D eigenvalue weighted by Gasteiger charge is 2.33. The van der Waals surface area contributed by atoms with Crippen LogP contribution in [0.25, 0.3) is 0 Å². The molecule has 0 amide bonds. The second-order valence-corrected chi connectivity index (χ2v) is 6.04. The molecular weight excluding hydrogens is 260 g/mol. The highest BCUT2D eigenvalue weighted by Crippen LogP contribution is 2.35. The molecule has 0 aromatic rings. The van der Waals surface area contributed by atoms with Crippen LogP contribution in [0.4, 0.5) is 0 Å². The fraction of sp³-hybridized carbons (Fsp3) is 0.688. The average molecular weight is 281 g/mol. The van der Waals surface area contributed by atoms with Gasteiger partial charge in [-0.05, 0) is 37.3 Å². The number of halogens is 1. The molecule has 2 fully saturated rings. The number of hydrogen-bond acceptors (Lipinski definition) is 2. The minimum atomic E-state index is -0.212. The smallest absolute Gasteiger partial charge is 0.303 e. The van der Waals surface area contributed by atoms with Gasteiger partial charge in [-0.25, -0.2) is 0 Å². The largest absolute Gasteiger partial charge is 0.458 e. The molecule has 0 spiro atoms. The maximum Gasteiger partial charge on any atom is 0.303 e. The second-order valence-electron chi connectivity index (χ2n) is 5.48. The Balaban J connectivity index is 1.89. The van der Waals surface area contributed by atoms with Gasteiger partial charge in [0.15, 0.2) is 0 Å². The number of ether oxygens (including phenoxy) is 1. The van der Waals surface area contributed by atoms with Crippen LogP contribution < -0.4 is 0 Å². The Morgan fingerprint density at radius 2 is 2.05 bits per heavy atom. The number of allylic oxidation sites excluding steroid dienone is 1. The third-order valence-electron chi connectivity index (χ3n) is 3.77. The van der Waals surface area contributed by atoms with Gasteiger partial charge in [-0.3, -0.25) is 4.79 Å². The molecule has 2 aliphatic rings. The van der Waals surface area contributed by atoms with Crippen molar-refractivity contribution in [3.63, 3.8) is 0 Å². The van der Waals surface area contributed by atoms with E-state index in [9.17, 15) is 4.79 Å². The predicted octanol–water partition coefficient (Wildman–Crippen LogP) is 3.69. The van der Waals surface area contributed by atoms with Crippen LogP contribution in [0.1, 0.15) is 45.4 Å². The molecule has 0 saturated heterocycles. The van der Waals surface area contributed by atoms with Crippen LogP contribution in [-0.2, 0) is 9.53 Å². The van der Waals surface area contributed by atoms with Crippen molar-refractivity contribution in [3.05, 3.63) is 12.2 Å². The van der Waals surface area contributed by atoms with Crippen molar-refractivity contribution in [2.24, 2.45) is 11.8 Å². The highest BCUT2D eigenvalue weighted by atomic mass is 35.5. The molecule has 2 rings (SSSR count). The Morgan fingerprint density at radius 1 is 1.37 bits per heavy atom. The van der Waals surface area contributed by atoms with Gasteiger partial charge in [0, 0.05) is 18.2 Å². The summed E-state index contributed by atoms with van der Waals surface area (Å²) < 4.78 is 5.41. The van der Waals surface area contributed by atoms with Crippen molar-refractivity contribution in [1.82, 2.24) is 0 Å².